The van der Waals surface area contributed by atoms with E-state index in [1.807, 2.05) is 37.3 Å². The van der Waals surface area contributed by atoms with Crippen LogP contribution in [0.3, 0.4) is 0 Å². The highest BCUT2D eigenvalue weighted by Gasteiger charge is 2.14. The van der Waals surface area contributed by atoms with Gasteiger partial charge in [-0.25, -0.2) is 4.79 Å². The molecule has 1 aromatic heterocycles. The molecule has 2 rings (SSSR count). The van der Waals surface area contributed by atoms with Gasteiger partial charge in [0.25, 0.3) is 0 Å². The molecule has 6 heteroatoms. The summed E-state index contributed by atoms with van der Waals surface area (Å²) in [6.07, 6.45) is 3.34. The third kappa shape index (κ3) is 3.92. The molecule has 110 valence electrons. The number of carbonyl (C=O) groups excluding carboxylic acids is 1. The molecule has 2 aromatic rings. The predicted octanol–water partition coefficient (Wildman–Crippen LogP) is 1.85. The van der Waals surface area contributed by atoms with Crippen LogP contribution in [-0.4, -0.2) is 26.8 Å². The maximum absolute atomic E-state index is 12.0. The number of hydrogen-bond donors (Lipinski definition) is 2. The van der Waals surface area contributed by atoms with Crippen molar-refractivity contribution < 1.29 is 14.7 Å². The summed E-state index contributed by atoms with van der Waals surface area (Å²) in [6, 6.07) is 9.65. The maximum Gasteiger partial charge on any atom is 0.338 e. The first kappa shape index (κ1) is 14.8. The predicted molar refractivity (Wildman–Crippen MR) is 76.8 cm³/mol. The number of aromatic carboxylic acids is 1. The zero-order valence-corrected chi connectivity index (χ0v) is 11.7. The van der Waals surface area contributed by atoms with Crippen LogP contribution in [0.2, 0.25) is 0 Å². The van der Waals surface area contributed by atoms with Gasteiger partial charge in [0.05, 0.1) is 17.8 Å². The summed E-state index contributed by atoms with van der Waals surface area (Å²) in [4.78, 5) is 22.8. The zero-order chi connectivity index (χ0) is 15.2. The Bertz CT molecular complexity index is 622. The highest BCUT2D eigenvalue weighted by Crippen LogP contribution is 2.15. The van der Waals surface area contributed by atoms with Crippen LogP contribution in [0, 0.1) is 0 Å². The van der Waals surface area contributed by atoms with E-state index in [9.17, 15) is 9.59 Å². The Kier molecular flexibility index (Phi) is 4.71. The largest absolute Gasteiger partial charge is 0.478 e. The second-order valence-electron chi connectivity index (χ2n) is 4.67. The van der Waals surface area contributed by atoms with Gasteiger partial charge in [-0.2, -0.15) is 5.10 Å². The Labute approximate surface area is 122 Å². The summed E-state index contributed by atoms with van der Waals surface area (Å²) >= 11 is 0. The van der Waals surface area contributed by atoms with Crippen molar-refractivity contribution in [2.75, 3.05) is 0 Å². The minimum atomic E-state index is -1.06. The van der Waals surface area contributed by atoms with Gasteiger partial charge in [-0.3, -0.25) is 9.48 Å². The third-order valence-electron chi connectivity index (χ3n) is 3.13. The van der Waals surface area contributed by atoms with Crippen LogP contribution in [0.15, 0.2) is 42.7 Å². The molecule has 21 heavy (non-hydrogen) atoms. The van der Waals surface area contributed by atoms with Crippen molar-refractivity contribution in [1.29, 1.82) is 0 Å². The van der Waals surface area contributed by atoms with Crippen molar-refractivity contribution in [3.63, 3.8) is 0 Å². The number of aromatic nitrogens is 2. The second-order valence-corrected chi connectivity index (χ2v) is 4.67. The molecule has 0 radical (unpaired) electrons. The Morgan fingerprint density at radius 1 is 1.33 bits per heavy atom. The Balaban J connectivity index is 1.98. The van der Waals surface area contributed by atoms with Crippen LogP contribution >= 0.6 is 0 Å². The molecule has 2 N–H and O–H groups in total. The van der Waals surface area contributed by atoms with Crippen molar-refractivity contribution in [3.8, 4) is 0 Å². The van der Waals surface area contributed by atoms with Gasteiger partial charge < -0.3 is 10.4 Å². The van der Waals surface area contributed by atoms with E-state index in [0.717, 1.165) is 12.0 Å². The molecular formula is C15H17N3O3. The molecule has 0 aliphatic carbocycles. The summed E-state index contributed by atoms with van der Waals surface area (Å²) < 4.78 is 1.32. The first-order chi connectivity index (χ1) is 10.1. The number of carboxylic acid groups (broad SMARTS) is 1. The fourth-order valence-electron chi connectivity index (χ4n) is 2.05. The monoisotopic (exact) mass is 287 g/mol. The average molecular weight is 287 g/mol. The van der Waals surface area contributed by atoms with Crippen molar-refractivity contribution >= 4 is 11.9 Å². The van der Waals surface area contributed by atoms with Gasteiger partial charge in [-0.15, -0.1) is 0 Å². The zero-order valence-electron chi connectivity index (χ0n) is 11.7. The van der Waals surface area contributed by atoms with E-state index in [-0.39, 0.29) is 24.1 Å². The number of rotatable bonds is 6. The maximum atomic E-state index is 12.0. The SMILES string of the molecule is CC[C@@H](NC(=O)Cn1cc(C(=O)O)cn1)c1ccccc1. The summed E-state index contributed by atoms with van der Waals surface area (Å²) in [5, 5.41) is 15.6. The molecule has 1 amide bonds. The highest BCUT2D eigenvalue weighted by atomic mass is 16.4. The van der Waals surface area contributed by atoms with E-state index in [1.54, 1.807) is 0 Å². The number of carboxylic acids is 1. The molecule has 0 bridgehead atoms. The smallest absolute Gasteiger partial charge is 0.338 e. The Morgan fingerprint density at radius 3 is 2.62 bits per heavy atom. The topological polar surface area (TPSA) is 84.2 Å². The summed E-state index contributed by atoms with van der Waals surface area (Å²) in [6.45, 7) is 1.99. The molecule has 0 saturated heterocycles. The van der Waals surface area contributed by atoms with Crippen LogP contribution in [0.25, 0.3) is 0 Å². The number of benzene rings is 1. The van der Waals surface area contributed by atoms with Gasteiger partial charge >= 0.3 is 5.97 Å². The molecular weight excluding hydrogens is 270 g/mol. The molecule has 1 atom stereocenters. The second kappa shape index (κ2) is 6.69. The first-order valence-electron chi connectivity index (χ1n) is 6.70. The van der Waals surface area contributed by atoms with Crippen molar-refractivity contribution in [1.82, 2.24) is 15.1 Å². The summed E-state index contributed by atoms with van der Waals surface area (Å²) in [5.41, 5.74) is 1.11. The Morgan fingerprint density at radius 2 is 2.05 bits per heavy atom. The standard InChI is InChI=1S/C15H17N3O3/c1-2-13(11-6-4-3-5-7-11)17-14(19)10-18-9-12(8-16-18)15(20)21/h3-9,13H,2,10H2,1H3,(H,17,19)(H,20,21)/t13-/m1/s1. The number of nitrogens with one attached hydrogen (secondary N) is 1. The van der Waals surface area contributed by atoms with Crippen molar-refractivity contribution in [3.05, 3.63) is 53.9 Å². The molecule has 1 aromatic carbocycles. The molecule has 0 aliphatic rings. The molecule has 1 heterocycles. The average Bonchev–Trinajstić information content (AvgIpc) is 2.94. The number of amides is 1. The van der Waals surface area contributed by atoms with Crippen LogP contribution in [0.4, 0.5) is 0 Å². The van der Waals surface area contributed by atoms with Crippen LogP contribution in [-0.2, 0) is 11.3 Å². The van der Waals surface area contributed by atoms with Gasteiger partial charge in [-0.05, 0) is 12.0 Å². The van der Waals surface area contributed by atoms with Gasteiger partial charge in [0.15, 0.2) is 0 Å². The lowest BCUT2D eigenvalue weighted by atomic mass is 10.0. The van der Waals surface area contributed by atoms with Gasteiger partial charge in [0.2, 0.25) is 5.91 Å². The van der Waals surface area contributed by atoms with Crippen LogP contribution in [0.1, 0.15) is 35.3 Å². The minimum Gasteiger partial charge on any atom is -0.478 e. The quantitative estimate of drug-likeness (QED) is 0.849. The van der Waals surface area contributed by atoms with Crippen molar-refractivity contribution in [2.45, 2.75) is 25.9 Å². The van der Waals surface area contributed by atoms with E-state index in [1.165, 1.54) is 17.1 Å². The molecule has 0 aliphatic heterocycles. The molecule has 0 unspecified atom stereocenters. The highest BCUT2D eigenvalue weighted by molar-refractivity contribution is 5.87. The fourth-order valence-corrected chi connectivity index (χ4v) is 2.05. The molecule has 0 fully saturated rings. The van der Waals surface area contributed by atoms with Gasteiger partial charge in [-0.1, -0.05) is 37.3 Å². The fraction of sp³-hybridized carbons (Fsp3) is 0.267. The number of carbonyl (C=O) groups is 2. The molecule has 6 nitrogen and oxygen atoms in total. The van der Waals surface area contributed by atoms with Gasteiger partial charge in [0.1, 0.15) is 6.54 Å². The van der Waals surface area contributed by atoms with Crippen molar-refractivity contribution in [2.24, 2.45) is 0 Å². The number of hydrogen-bond acceptors (Lipinski definition) is 3. The van der Waals surface area contributed by atoms with E-state index >= 15 is 0 Å². The first-order valence-corrected chi connectivity index (χ1v) is 6.70. The van der Waals surface area contributed by atoms with E-state index < -0.39 is 5.97 Å². The minimum absolute atomic E-state index is 0.00336. The van der Waals surface area contributed by atoms with Crippen LogP contribution in [0.5, 0.6) is 0 Å². The van der Waals surface area contributed by atoms with E-state index in [4.69, 9.17) is 5.11 Å². The number of nitrogens with zero attached hydrogens (tertiary/aromatic N) is 2. The normalized spacial score (nSPS) is 11.9. The van der Waals surface area contributed by atoms with E-state index in [2.05, 4.69) is 10.4 Å². The lowest BCUT2D eigenvalue weighted by Gasteiger charge is -2.17. The lowest BCUT2D eigenvalue weighted by Crippen LogP contribution is -2.31. The van der Waals surface area contributed by atoms with Crippen LogP contribution < -0.4 is 5.32 Å². The third-order valence-corrected chi connectivity index (χ3v) is 3.13. The summed E-state index contributed by atoms with van der Waals surface area (Å²) in [7, 11) is 0. The summed E-state index contributed by atoms with van der Waals surface area (Å²) in [5.74, 6) is -1.26. The Hall–Kier alpha value is -2.63. The van der Waals surface area contributed by atoms with E-state index in [0.29, 0.717) is 0 Å². The molecule has 0 saturated carbocycles. The molecule has 0 spiro atoms. The lowest BCUT2D eigenvalue weighted by molar-refractivity contribution is -0.122. The van der Waals surface area contributed by atoms with Gasteiger partial charge in [0, 0.05) is 6.20 Å².